The molecule has 1 aromatic heterocycles. The SMILES string of the molecule is c1coc([C@@H]2Sc3ccccc3N=C3c4ccccc4CC[C@H]32)c1. The van der Waals surface area contributed by atoms with Crippen molar-refractivity contribution in [3.8, 4) is 0 Å². The number of para-hydroxylation sites is 1. The van der Waals surface area contributed by atoms with Crippen molar-refractivity contribution in [2.24, 2.45) is 10.9 Å². The maximum Gasteiger partial charge on any atom is 0.117 e. The average molecular weight is 331 g/mol. The molecule has 24 heavy (non-hydrogen) atoms. The summed E-state index contributed by atoms with van der Waals surface area (Å²) in [6.07, 6.45) is 4.00. The molecule has 3 aromatic rings. The van der Waals surface area contributed by atoms with Crippen LogP contribution in [0.25, 0.3) is 0 Å². The molecule has 0 spiro atoms. The standard InChI is InChI=1S/C21H17NOS/c1-2-7-15-14(6-1)11-12-16-20(15)22-17-8-3-4-10-19(17)24-21(16)18-9-5-13-23-18/h1-10,13,16,21H,11-12H2/t16-,21-/m1/s1. The summed E-state index contributed by atoms with van der Waals surface area (Å²) in [4.78, 5) is 6.35. The van der Waals surface area contributed by atoms with Crippen LogP contribution in [0.3, 0.4) is 0 Å². The van der Waals surface area contributed by atoms with Crippen LogP contribution in [0, 0.1) is 5.92 Å². The number of rotatable bonds is 1. The maximum atomic E-state index is 5.80. The third kappa shape index (κ3) is 2.23. The van der Waals surface area contributed by atoms with Crippen LogP contribution in [0.5, 0.6) is 0 Å². The zero-order valence-corrected chi connectivity index (χ0v) is 14.0. The van der Waals surface area contributed by atoms with E-state index in [1.165, 1.54) is 21.7 Å². The number of nitrogens with zero attached hydrogens (tertiary/aromatic N) is 1. The predicted octanol–water partition coefficient (Wildman–Crippen LogP) is 5.81. The van der Waals surface area contributed by atoms with E-state index in [0.717, 1.165) is 24.3 Å². The van der Waals surface area contributed by atoms with Crippen LogP contribution in [0.2, 0.25) is 0 Å². The molecule has 0 unspecified atom stereocenters. The number of aryl methyl sites for hydroxylation is 1. The molecule has 2 aromatic carbocycles. The normalized spacial score (nSPS) is 21.9. The minimum absolute atomic E-state index is 0.274. The highest BCUT2D eigenvalue weighted by atomic mass is 32.2. The van der Waals surface area contributed by atoms with E-state index in [0.29, 0.717) is 5.92 Å². The second-order valence-corrected chi connectivity index (χ2v) is 7.50. The number of hydrogen-bond donors (Lipinski definition) is 0. The molecule has 2 heterocycles. The van der Waals surface area contributed by atoms with Gasteiger partial charge in [0.1, 0.15) is 5.76 Å². The third-order valence-corrected chi connectivity index (χ3v) is 6.33. The van der Waals surface area contributed by atoms with Gasteiger partial charge in [0.25, 0.3) is 0 Å². The lowest BCUT2D eigenvalue weighted by molar-refractivity contribution is 0.465. The van der Waals surface area contributed by atoms with E-state index >= 15 is 0 Å². The van der Waals surface area contributed by atoms with Crippen LogP contribution in [0.15, 0.2) is 81.2 Å². The highest BCUT2D eigenvalue weighted by Crippen LogP contribution is 2.51. The van der Waals surface area contributed by atoms with E-state index in [2.05, 4.69) is 54.6 Å². The number of aliphatic imine (C=N–C) groups is 1. The molecule has 3 heteroatoms. The molecule has 1 aliphatic carbocycles. The maximum absolute atomic E-state index is 5.80. The summed E-state index contributed by atoms with van der Waals surface area (Å²) in [7, 11) is 0. The number of fused-ring (bicyclic) bond motifs is 4. The summed E-state index contributed by atoms with van der Waals surface area (Å²) in [5, 5.41) is 0.274. The molecule has 2 atom stereocenters. The van der Waals surface area contributed by atoms with Gasteiger partial charge in [0.15, 0.2) is 0 Å². The Balaban J connectivity index is 1.73. The molecule has 0 bridgehead atoms. The fourth-order valence-corrected chi connectivity index (χ4v) is 5.13. The van der Waals surface area contributed by atoms with Crippen molar-refractivity contribution < 1.29 is 4.42 Å². The van der Waals surface area contributed by atoms with Gasteiger partial charge < -0.3 is 4.42 Å². The number of thioether (sulfide) groups is 1. The van der Waals surface area contributed by atoms with Gasteiger partial charge >= 0.3 is 0 Å². The molecule has 2 aliphatic rings. The van der Waals surface area contributed by atoms with Crippen LogP contribution < -0.4 is 0 Å². The molecular weight excluding hydrogens is 314 g/mol. The van der Waals surface area contributed by atoms with Crippen molar-refractivity contribution in [2.75, 3.05) is 0 Å². The lowest BCUT2D eigenvalue weighted by Gasteiger charge is -2.30. The minimum Gasteiger partial charge on any atom is -0.468 e. The van der Waals surface area contributed by atoms with Crippen LogP contribution in [0.4, 0.5) is 5.69 Å². The van der Waals surface area contributed by atoms with Crippen LogP contribution in [0.1, 0.15) is 28.6 Å². The monoisotopic (exact) mass is 331 g/mol. The van der Waals surface area contributed by atoms with Crippen LogP contribution in [-0.4, -0.2) is 5.71 Å². The Morgan fingerprint density at radius 2 is 1.83 bits per heavy atom. The van der Waals surface area contributed by atoms with E-state index in [1.807, 2.05) is 17.8 Å². The quantitative estimate of drug-likeness (QED) is 0.562. The zero-order chi connectivity index (χ0) is 15.9. The number of hydrogen-bond acceptors (Lipinski definition) is 3. The van der Waals surface area contributed by atoms with Crippen molar-refractivity contribution in [2.45, 2.75) is 23.0 Å². The van der Waals surface area contributed by atoms with Gasteiger partial charge in [-0.15, -0.1) is 11.8 Å². The lowest BCUT2D eigenvalue weighted by Crippen LogP contribution is -2.26. The zero-order valence-electron chi connectivity index (χ0n) is 13.2. The van der Waals surface area contributed by atoms with E-state index in [1.54, 1.807) is 6.26 Å². The van der Waals surface area contributed by atoms with E-state index in [4.69, 9.17) is 9.41 Å². The largest absolute Gasteiger partial charge is 0.468 e. The predicted molar refractivity (Wildman–Crippen MR) is 98.2 cm³/mol. The third-order valence-electron chi connectivity index (χ3n) is 4.92. The topological polar surface area (TPSA) is 25.5 Å². The molecule has 1 aliphatic heterocycles. The lowest BCUT2D eigenvalue weighted by atomic mass is 9.79. The molecule has 0 N–H and O–H groups in total. The first-order chi connectivity index (χ1) is 11.9. The van der Waals surface area contributed by atoms with Gasteiger partial charge in [-0.3, -0.25) is 4.99 Å². The van der Waals surface area contributed by atoms with Gasteiger partial charge in [0.05, 0.1) is 22.9 Å². The molecule has 0 fully saturated rings. The Labute approximate surface area is 145 Å². The van der Waals surface area contributed by atoms with Gasteiger partial charge in [-0.25, -0.2) is 0 Å². The van der Waals surface area contributed by atoms with E-state index < -0.39 is 0 Å². The van der Waals surface area contributed by atoms with Gasteiger partial charge in [-0.1, -0.05) is 36.4 Å². The van der Waals surface area contributed by atoms with E-state index in [-0.39, 0.29) is 5.25 Å². The summed E-state index contributed by atoms with van der Waals surface area (Å²) in [5.41, 5.74) is 5.02. The van der Waals surface area contributed by atoms with Crippen molar-refractivity contribution in [3.63, 3.8) is 0 Å². The smallest absolute Gasteiger partial charge is 0.117 e. The highest BCUT2D eigenvalue weighted by molar-refractivity contribution is 7.99. The molecule has 2 nitrogen and oxygen atoms in total. The molecular formula is C21H17NOS. The Morgan fingerprint density at radius 3 is 2.75 bits per heavy atom. The summed E-state index contributed by atoms with van der Waals surface area (Å²) in [6, 6.07) is 21.2. The summed E-state index contributed by atoms with van der Waals surface area (Å²) < 4.78 is 5.80. The molecule has 118 valence electrons. The summed E-state index contributed by atoms with van der Waals surface area (Å²) in [5.74, 6) is 1.43. The fourth-order valence-electron chi connectivity index (χ4n) is 3.78. The molecule has 0 saturated heterocycles. The molecule has 5 rings (SSSR count). The first-order valence-corrected chi connectivity index (χ1v) is 9.24. The van der Waals surface area contributed by atoms with E-state index in [9.17, 15) is 0 Å². The van der Waals surface area contributed by atoms with Crippen molar-refractivity contribution in [3.05, 3.63) is 83.8 Å². The van der Waals surface area contributed by atoms with Gasteiger partial charge in [-0.2, -0.15) is 0 Å². The average Bonchev–Trinajstić information content (AvgIpc) is 3.10. The summed E-state index contributed by atoms with van der Waals surface area (Å²) in [6.45, 7) is 0. The Kier molecular flexibility index (Phi) is 3.34. The number of furan rings is 1. The first-order valence-electron chi connectivity index (χ1n) is 8.36. The van der Waals surface area contributed by atoms with Crippen molar-refractivity contribution >= 4 is 23.2 Å². The molecule has 0 radical (unpaired) electrons. The number of benzene rings is 2. The Morgan fingerprint density at radius 1 is 0.958 bits per heavy atom. The molecule has 0 amide bonds. The van der Waals surface area contributed by atoms with Gasteiger partial charge in [0, 0.05) is 10.8 Å². The second kappa shape index (κ2) is 5.67. The fraction of sp³-hybridized carbons (Fsp3) is 0.190. The molecule has 0 saturated carbocycles. The van der Waals surface area contributed by atoms with Gasteiger partial charge in [-0.05, 0) is 48.2 Å². The first kappa shape index (κ1) is 14.1. The van der Waals surface area contributed by atoms with Crippen LogP contribution in [-0.2, 0) is 6.42 Å². The van der Waals surface area contributed by atoms with Gasteiger partial charge in [0.2, 0.25) is 0 Å². The Bertz CT molecular complexity index is 913. The van der Waals surface area contributed by atoms with Crippen molar-refractivity contribution in [1.29, 1.82) is 0 Å². The second-order valence-electron chi connectivity index (χ2n) is 6.32. The highest BCUT2D eigenvalue weighted by Gasteiger charge is 2.37. The summed E-state index contributed by atoms with van der Waals surface area (Å²) >= 11 is 1.89. The minimum atomic E-state index is 0.274. The van der Waals surface area contributed by atoms with Crippen LogP contribution >= 0.6 is 11.8 Å². The Hall–Kier alpha value is -2.26. The van der Waals surface area contributed by atoms with Crippen molar-refractivity contribution in [1.82, 2.24) is 0 Å².